The van der Waals surface area contributed by atoms with Gasteiger partial charge in [0.05, 0.1) is 12.1 Å². The lowest BCUT2D eigenvalue weighted by molar-refractivity contribution is 0.0773. The summed E-state index contributed by atoms with van der Waals surface area (Å²) in [6, 6.07) is 10.5. The van der Waals surface area contributed by atoms with Crippen LogP contribution in [0.15, 0.2) is 35.3 Å². The zero-order chi connectivity index (χ0) is 13.8. The van der Waals surface area contributed by atoms with Gasteiger partial charge in [-0.1, -0.05) is 18.2 Å². The number of hydrogen-bond donors (Lipinski definition) is 2. The maximum Gasteiger partial charge on any atom is 0.198 e. The van der Waals surface area contributed by atoms with Gasteiger partial charge in [-0.15, -0.1) is 0 Å². The molecule has 0 radical (unpaired) electrons. The van der Waals surface area contributed by atoms with Crippen molar-refractivity contribution in [2.45, 2.75) is 44.2 Å². The van der Waals surface area contributed by atoms with Gasteiger partial charge in [-0.05, 0) is 44.2 Å². The molecule has 20 heavy (non-hydrogen) atoms. The molecule has 1 aliphatic heterocycles. The highest BCUT2D eigenvalue weighted by Gasteiger charge is 2.28. The van der Waals surface area contributed by atoms with Gasteiger partial charge in [0.15, 0.2) is 5.96 Å². The number of guanidine groups is 1. The summed E-state index contributed by atoms with van der Waals surface area (Å²) in [6.07, 6.45) is 5.24. The van der Waals surface area contributed by atoms with Crippen LogP contribution in [0.4, 0.5) is 5.69 Å². The van der Waals surface area contributed by atoms with Crippen LogP contribution in [-0.2, 0) is 0 Å². The zero-order valence-corrected chi connectivity index (χ0v) is 11.8. The molecule has 2 aliphatic rings. The van der Waals surface area contributed by atoms with Gasteiger partial charge in [0.1, 0.15) is 0 Å². The minimum Gasteiger partial charge on any atom is -0.393 e. The Morgan fingerprint density at radius 2 is 1.80 bits per heavy atom. The van der Waals surface area contributed by atoms with E-state index >= 15 is 0 Å². The molecule has 1 saturated heterocycles. The molecule has 1 aliphatic carbocycles. The number of piperidine rings is 1. The number of nitrogens with one attached hydrogen (secondary N) is 1. The third-order valence-corrected chi connectivity index (χ3v) is 4.08. The summed E-state index contributed by atoms with van der Waals surface area (Å²) in [7, 11) is 0. The Balaban J connectivity index is 1.72. The molecule has 1 aromatic carbocycles. The first-order valence-electron chi connectivity index (χ1n) is 7.64. The van der Waals surface area contributed by atoms with Crippen molar-refractivity contribution in [3.05, 3.63) is 30.3 Å². The van der Waals surface area contributed by atoms with Crippen molar-refractivity contribution < 1.29 is 5.11 Å². The first kappa shape index (κ1) is 13.4. The Morgan fingerprint density at radius 3 is 2.45 bits per heavy atom. The number of aliphatic hydroxyl groups excluding tert-OH is 1. The Bertz CT molecular complexity index is 448. The van der Waals surface area contributed by atoms with Gasteiger partial charge >= 0.3 is 0 Å². The number of benzene rings is 1. The second-order valence-electron chi connectivity index (χ2n) is 5.77. The average molecular weight is 273 g/mol. The van der Waals surface area contributed by atoms with E-state index in [2.05, 4.69) is 22.3 Å². The van der Waals surface area contributed by atoms with Crippen LogP contribution in [0.2, 0.25) is 0 Å². The van der Waals surface area contributed by atoms with E-state index < -0.39 is 0 Å². The van der Waals surface area contributed by atoms with E-state index in [4.69, 9.17) is 4.99 Å². The molecule has 3 rings (SSSR count). The molecular formula is C16H23N3O. The third-order valence-electron chi connectivity index (χ3n) is 4.08. The first-order valence-corrected chi connectivity index (χ1v) is 7.64. The van der Waals surface area contributed by atoms with E-state index in [1.54, 1.807) is 0 Å². The van der Waals surface area contributed by atoms with Crippen molar-refractivity contribution >= 4 is 11.6 Å². The lowest BCUT2D eigenvalue weighted by Crippen LogP contribution is -2.42. The molecule has 2 fully saturated rings. The number of anilines is 1. The van der Waals surface area contributed by atoms with Crippen molar-refractivity contribution in [1.29, 1.82) is 0 Å². The van der Waals surface area contributed by atoms with Crippen LogP contribution in [0.1, 0.15) is 32.1 Å². The highest BCUT2D eigenvalue weighted by Crippen LogP contribution is 2.24. The minimum atomic E-state index is -0.150. The number of nitrogens with zero attached hydrogens (tertiary/aromatic N) is 2. The molecule has 108 valence electrons. The summed E-state index contributed by atoms with van der Waals surface area (Å²) in [5.41, 5.74) is 1.08. The van der Waals surface area contributed by atoms with Gasteiger partial charge in [-0.3, -0.25) is 0 Å². The van der Waals surface area contributed by atoms with Gasteiger partial charge in [-0.25, -0.2) is 4.99 Å². The van der Waals surface area contributed by atoms with Crippen LogP contribution in [0.5, 0.6) is 0 Å². The number of likely N-dealkylation sites (tertiary alicyclic amines) is 1. The zero-order valence-electron chi connectivity index (χ0n) is 11.8. The Hall–Kier alpha value is -1.55. The van der Waals surface area contributed by atoms with Gasteiger partial charge in [0.25, 0.3) is 0 Å². The normalized spacial score (nSPS) is 27.1. The summed E-state index contributed by atoms with van der Waals surface area (Å²) in [6.45, 7) is 2.15. The molecule has 0 amide bonds. The number of hydrogen-bond acceptors (Lipinski definition) is 2. The van der Waals surface area contributed by atoms with Crippen molar-refractivity contribution in [1.82, 2.24) is 4.90 Å². The van der Waals surface area contributed by atoms with Gasteiger partial charge in [0.2, 0.25) is 0 Å². The van der Waals surface area contributed by atoms with E-state index in [9.17, 15) is 5.11 Å². The lowest BCUT2D eigenvalue weighted by atomic mass is 9.90. The third kappa shape index (κ3) is 3.31. The van der Waals surface area contributed by atoms with Crippen molar-refractivity contribution in [2.75, 3.05) is 18.4 Å². The fourth-order valence-corrected chi connectivity index (χ4v) is 2.79. The van der Waals surface area contributed by atoms with E-state index in [1.165, 1.54) is 19.3 Å². The van der Waals surface area contributed by atoms with Crippen LogP contribution < -0.4 is 5.32 Å². The predicted molar refractivity (Wildman–Crippen MR) is 82.0 cm³/mol. The fraction of sp³-hybridized carbons (Fsp3) is 0.562. The maximum absolute atomic E-state index is 9.43. The molecule has 0 bridgehead atoms. The number of aliphatic imine (C=N–C) groups is 1. The largest absolute Gasteiger partial charge is 0.393 e. The van der Waals surface area contributed by atoms with E-state index in [0.29, 0.717) is 0 Å². The highest BCUT2D eigenvalue weighted by molar-refractivity contribution is 5.93. The molecule has 0 spiro atoms. The molecule has 4 heteroatoms. The summed E-state index contributed by atoms with van der Waals surface area (Å²) in [5.74, 6) is 0.979. The topological polar surface area (TPSA) is 47.9 Å². The SMILES string of the molecule is OC1CC(N=C(Nc2ccccc2)N2CCCCC2)C1. The fourth-order valence-electron chi connectivity index (χ4n) is 2.79. The number of rotatable bonds is 2. The van der Waals surface area contributed by atoms with Crippen LogP contribution >= 0.6 is 0 Å². The van der Waals surface area contributed by atoms with Gasteiger partial charge in [-0.2, -0.15) is 0 Å². The van der Waals surface area contributed by atoms with Gasteiger partial charge in [0, 0.05) is 18.8 Å². The number of aliphatic hydroxyl groups is 1. The predicted octanol–water partition coefficient (Wildman–Crippen LogP) is 2.46. The molecule has 1 heterocycles. The monoisotopic (exact) mass is 273 g/mol. The lowest BCUT2D eigenvalue weighted by Gasteiger charge is -2.34. The molecule has 2 N–H and O–H groups in total. The van der Waals surface area contributed by atoms with Crippen molar-refractivity contribution in [3.8, 4) is 0 Å². The van der Waals surface area contributed by atoms with Gasteiger partial charge < -0.3 is 15.3 Å². The molecule has 1 saturated carbocycles. The quantitative estimate of drug-likeness (QED) is 0.643. The molecular weight excluding hydrogens is 250 g/mol. The molecule has 4 nitrogen and oxygen atoms in total. The van der Waals surface area contributed by atoms with Crippen molar-refractivity contribution in [2.24, 2.45) is 4.99 Å². The highest BCUT2D eigenvalue weighted by atomic mass is 16.3. The Morgan fingerprint density at radius 1 is 1.10 bits per heavy atom. The molecule has 0 aromatic heterocycles. The molecule has 1 aromatic rings. The summed E-state index contributed by atoms with van der Waals surface area (Å²) in [5, 5.41) is 12.9. The molecule has 0 unspecified atom stereocenters. The first-order chi connectivity index (χ1) is 9.81. The average Bonchev–Trinajstić information content (AvgIpc) is 2.47. The van der Waals surface area contributed by atoms with E-state index in [-0.39, 0.29) is 12.1 Å². The summed E-state index contributed by atoms with van der Waals surface area (Å²) < 4.78 is 0. The minimum absolute atomic E-state index is 0.150. The number of para-hydroxylation sites is 1. The van der Waals surface area contributed by atoms with Crippen molar-refractivity contribution in [3.63, 3.8) is 0 Å². The second-order valence-corrected chi connectivity index (χ2v) is 5.77. The van der Waals surface area contributed by atoms with E-state index in [0.717, 1.165) is 37.6 Å². The van der Waals surface area contributed by atoms with Crippen LogP contribution in [0.3, 0.4) is 0 Å². The van der Waals surface area contributed by atoms with Crippen LogP contribution in [-0.4, -0.2) is 41.2 Å². The Kier molecular flexibility index (Phi) is 4.21. The smallest absolute Gasteiger partial charge is 0.198 e. The molecule has 0 atom stereocenters. The van der Waals surface area contributed by atoms with E-state index in [1.807, 2.05) is 18.2 Å². The second kappa shape index (κ2) is 6.27. The summed E-state index contributed by atoms with van der Waals surface area (Å²) >= 11 is 0. The summed E-state index contributed by atoms with van der Waals surface area (Å²) in [4.78, 5) is 7.17. The standard InChI is InChI=1S/C16H23N3O/c20-15-11-14(12-15)18-16(19-9-5-2-6-10-19)17-13-7-3-1-4-8-13/h1,3-4,7-8,14-15,20H,2,5-6,9-12H2,(H,17,18). The maximum atomic E-state index is 9.43. The van der Waals surface area contributed by atoms with Crippen LogP contribution in [0.25, 0.3) is 0 Å². The Labute approximate surface area is 120 Å². The van der Waals surface area contributed by atoms with Crippen LogP contribution in [0, 0.1) is 0 Å².